The fourth-order valence-electron chi connectivity index (χ4n) is 1.45. The number of carbonyl (C=O) groups is 1. The maximum atomic E-state index is 12.7. The zero-order chi connectivity index (χ0) is 14.5. The molecule has 0 fully saturated rings. The zero-order valence-corrected chi connectivity index (χ0v) is 11.4. The van der Waals surface area contributed by atoms with Crippen LogP contribution in [0.3, 0.4) is 0 Å². The Morgan fingerprint density at radius 1 is 1.30 bits per heavy atom. The van der Waals surface area contributed by atoms with E-state index >= 15 is 0 Å². The third-order valence-electron chi connectivity index (χ3n) is 2.47. The summed E-state index contributed by atoms with van der Waals surface area (Å²) in [6.45, 7) is 1.59. The summed E-state index contributed by atoms with van der Waals surface area (Å²) >= 11 is 5.70. The Labute approximate surface area is 120 Å². The van der Waals surface area contributed by atoms with Gasteiger partial charge < -0.3 is 10.1 Å². The molecule has 2 aromatic rings. The second-order valence-corrected chi connectivity index (χ2v) is 4.50. The fourth-order valence-corrected chi connectivity index (χ4v) is 1.56. The van der Waals surface area contributed by atoms with Crippen LogP contribution in [0.25, 0.3) is 0 Å². The van der Waals surface area contributed by atoms with Gasteiger partial charge in [0.25, 0.3) is 5.91 Å². The minimum Gasteiger partial charge on any atom is -0.481 e. The Bertz CT molecular complexity index is 587. The van der Waals surface area contributed by atoms with Crippen LogP contribution in [0.15, 0.2) is 42.6 Å². The van der Waals surface area contributed by atoms with E-state index in [-0.39, 0.29) is 11.7 Å². The van der Waals surface area contributed by atoms with Crippen molar-refractivity contribution in [3.05, 3.63) is 53.4 Å². The van der Waals surface area contributed by atoms with Crippen LogP contribution < -0.4 is 10.1 Å². The van der Waals surface area contributed by atoms with Gasteiger partial charge in [-0.2, -0.15) is 0 Å². The normalized spacial score (nSPS) is 11.8. The van der Waals surface area contributed by atoms with E-state index < -0.39 is 6.10 Å². The van der Waals surface area contributed by atoms with Crippen LogP contribution in [0.1, 0.15) is 6.92 Å². The Balaban J connectivity index is 1.94. The molecule has 1 aromatic carbocycles. The lowest BCUT2D eigenvalue weighted by Crippen LogP contribution is -2.30. The highest BCUT2D eigenvalue weighted by atomic mass is 35.5. The van der Waals surface area contributed by atoms with E-state index in [2.05, 4.69) is 10.3 Å². The quantitative estimate of drug-likeness (QED) is 0.941. The van der Waals surface area contributed by atoms with E-state index in [0.717, 1.165) is 0 Å². The highest BCUT2D eigenvalue weighted by Gasteiger charge is 2.15. The number of pyridine rings is 1. The molecule has 4 nitrogen and oxygen atoms in total. The number of benzene rings is 1. The van der Waals surface area contributed by atoms with Gasteiger partial charge in [-0.05, 0) is 43.3 Å². The van der Waals surface area contributed by atoms with Crippen LogP contribution >= 0.6 is 11.6 Å². The lowest BCUT2D eigenvalue weighted by Gasteiger charge is -2.14. The van der Waals surface area contributed by atoms with Gasteiger partial charge in [0.2, 0.25) is 0 Å². The van der Waals surface area contributed by atoms with E-state index in [1.165, 1.54) is 30.5 Å². The van der Waals surface area contributed by atoms with Gasteiger partial charge in [0.15, 0.2) is 6.10 Å². The number of aromatic nitrogens is 1. The maximum Gasteiger partial charge on any atom is 0.266 e. The smallest absolute Gasteiger partial charge is 0.266 e. The standard InChI is InChI=1S/C14H12ClFN2O2/c1-9(20-12-5-3-11(16)4-6-12)14(19)18-13-7-2-10(15)8-17-13/h2-9H,1H3,(H,17,18,19). The first-order valence-corrected chi connectivity index (χ1v) is 6.27. The Morgan fingerprint density at radius 2 is 2.00 bits per heavy atom. The summed E-state index contributed by atoms with van der Waals surface area (Å²) in [5, 5.41) is 3.08. The van der Waals surface area contributed by atoms with Gasteiger partial charge >= 0.3 is 0 Å². The third-order valence-corrected chi connectivity index (χ3v) is 2.70. The minimum atomic E-state index is -0.738. The van der Waals surface area contributed by atoms with Crippen LogP contribution in [-0.2, 0) is 4.79 Å². The molecule has 0 saturated heterocycles. The highest BCUT2D eigenvalue weighted by Crippen LogP contribution is 2.14. The van der Waals surface area contributed by atoms with Gasteiger partial charge in [0.1, 0.15) is 17.4 Å². The molecule has 0 radical (unpaired) electrons. The molecule has 0 aliphatic carbocycles. The van der Waals surface area contributed by atoms with E-state index in [0.29, 0.717) is 16.6 Å². The van der Waals surface area contributed by atoms with Crippen molar-refractivity contribution in [3.63, 3.8) is 0 Å². The molecule has 20 heavy (non-hydrogen) atoms. The van der Waals surface area contributed by atoms with Crippen LogP contribution in [0.5, 0.6) is 5.75 Å². The maximum absolute atomic E-state index is 12.7. The molecule has 104 valence electrons. The van der Waals surface area contributed by atoms with Crippen molar-refractivity contribution in [3.8, 4) is 5.75 Å². The molecule has 0 saturated carbocycles. The zero-order valence-electron chi connectivity index (χ0n) is 10.6. The van der Waals surface area contributed by atoms with Crippen molar-refractivity contribution in [2.75, 3.05) is 5.32 Å². The molecule has 1 atom stereocenters. The number of hydrogen-bond donors (Lipinski definition) is 1. The van der Waals surface area contributed by atoms with E-state index in [9.17, 15) is 9.18 Å². The average molecular weight is 295 g/mol. The van der Waals surface area contributed by atoms with E-state index in [1.807, 2.05) is 0 Å². The van der Waals surface area contributed by atoms with Gasteiger partial charge in [0, 0.05) is 6.20 Å². The van der Waals surface area contributed by atoms with Crippen molar-refractivity contribution >= 4 is 23.3 Å². The van der Waals surface area contributed by atoms with Crippen molar-refractivity contribution in [2.24, 2.45) is 0 Å². The van der Waals surface area contributed by atoms with Crippen molar-refractivity contribution in [1.29, 1.82) is 0 Å². The lowest BCUT2D eigenvalue weighted by atomic mass is 10.3. The number of amides is 1. The Kier molecular flexibility index (Phi) is 4.53. The second-order valence-electron chi connectivity index (χ2n) is 4.06. The lowest BCUT2D eigenvalue weighted by molar-refractivity contribution is -0.122. The molecule has 1 N–H and O–H groups in total. The molecule has 0 spiro atoms. The predicted molar refractivity (Wildman–Crippen MR) is 74.4 cm³/mol. The average Bonchev–Trinajstić information content (AvgIpc) is 2.44. The Hall–Kier alpha value is -2.14. The number of halogens is 2. The second kappa shape index (κ2) is 6.34. The number of anilines is 1. The molecule has 0 bridgehead atoms. The predicted octanol–water partition coefficient (Wildman–Crippen LogP) is 3.28. The molecule has 0 aliphatic rings. The number of hydrogen-bond acceptors (Lipinski definition) is 3. The minimum absolute atomic E-state index is 0.357. The van der Waals surface area contributed by atoms with Gasteiger partial charge in [-0.15, -0.1) is 0 Å². The van der Waals surface area contributed by atoms with Gasteiger partial charge in [0.05, 0.1) is 5.02 Å². The first-order valence-electron chi connectivity index (χ1n) is 5.89. The largest absolute Gasteiger partial charge is 0.481 e. The highest BCUT2D eigenvalue weighted by molar-refractivity contribution is 6.30. The molecular weight excluding hydrogens is 283 g/mol. The summed E-state index contributed by atoms with van der Waals surface area (Å²) in [7, 11) is 0. The molecule has 6 heteroatoms. The summed E-state index contributed by atoms with van der Waals surface area (Å²) in [6.07, 6.45) is 0.695. The summed E-state index contributed by atoms with van der Waals surface area (Å²) in [5.74, 6) is 0.0797. The molecular formula is C14H12ClFN2O2. The van der Waals surface area contributed by atoms with E-state index in [1.54, 1.807) is 19.1 Å². The SMILES string of the molecule is CC(Oc1ccc(F)cc1)C(=O)Nc1ccc(Cl)cn1. The van der Waals surface area contributed by atoms with Gasteiger partial charge in [-0.1, -0.05) is 11.6 Å². The summed E-state index contributed by atoms with van der Waals surface area (Å²) < 4.78 is 18.1. The summed E-state index contributed by atoms with van der Waals surface area (Å²) in [5.41, 5.74) is 0. The molecule has 1 heterocycles. The number of nitrogens with zero attached hydrogens (tertiary/aromatic N) is 1. The molecule has 2 rings (SSSR count). The fraction of sp³-hybridized carbons (Fsp3) is 0.143. The van der Waals surface area contributed by atoms with Crippen molar-refractivity contribution in [1.82, 2.24) is 4.98 Å². The monoisotopic (exact) mass is 294 g/mol. The molecule has 1 amide bonds. The van der Waals surface area contributed by atoms with Crippen LogP contribution in [-0.4, -0.2) is 17.0 Å². The third kappa shape index (κ3) is 3.93. The molecule has 1 unspecified atom stereocenters. The molecule has 1 aromatic heterocycles. The van der Waals surface area contributed by atoms with Crippen LogP contribution in [0.2, 0.25) is 5.02 Å². The summed E-state index contributed by atoms with van der Waals surface area (Å²) in [6, 6.07) is 8.65. The number of ether oxygens (including phenoxy) is 1. The van der Waals surface area contributed by atoms with Crippen LogP contribution in [0.4, 0.5) is 10.2 Å². The van der Waals surface area contributed by atoms with Gasteiger partial charge in [-0.25, -0.2) is 9.37 Å². The number of nitrogens with one attached hydrogen (secondary N) is 1. The van der Waals surface area contributed by atoms with Crippen molar-refractivity contribution < 1.29 is 13.9 Å². The topological polar surface area (TPSA) is 51.2 Å². The molecule has 0 aliphatic heterocycles. The van der Waals surface area contributed by atoms with Crippen molar-refractivity contribution in [2.45, 2.75) is 13.0 Å². The first kappa shape index (κ1) is 14.3. The Morgan fingerprint density at radius 3 is 2.60 bits per heavy atom. The van der Waals surface area contributed by atoms with E-state index in [4.69, 9.17) is 16.3 Å². The number of rotatable bonds is 4. The first-order chi connectivity index (χ1) is 9.54. The summed E-state index contributed by atoms with van der Waals surface area (Å²) in [4.78, 5) is 15.8. The number of carbonyl (C=O) groups excluding carboxylic acids is 1. The van der Waals surface area contributed by atoms with Crippen LogP contribution in [0, 0.1) is 5.82 Å². The van der Waals surface area contributed by atoms with Gasteiger partial charge in [-0.3, -0.25) is 4.79 Å².